The second-order valence-corrected chi connectivity index (χ2v) is 9.99. The summed E-state index contributed by atoms with van der Waals surface area (Å²) < 4.78 is 12.4. The van der Waals surface area contributed by atoms with Crippen LogP contribution in [0, 0.1) is 0 Å². The minimum absolute atomic E-state index is 0.0336. The first-order chi connectivity index (χ1) is 17.4. The molecule has 0 unspecified atom stereocenters. The van der Waals surface area contributed by atoms with Crippen molar-refractivity contribution in [2.24, 2.45) is 0 Å². The predicted octanol–water partition coefficient (Wildman–Crippen LogP) is -1.95. The Hall–Kier alpha value is -1.69. The highest BCUT2D eigenvalue weighted by atomic mass is 32.2. The van der Waals surface area contributed by atoms with Gasteiger partial charge in [-0.2, -0.15) is 0 Å². The van der Waals surface area contributed by atoms with Gasteiger partial charge in [0.05, 0.1) is 50.7 Å². The molecule has 0 radical (unpaired) electrons. The summed E-state index contributed by atoms with van der Waals surface area (Å²) in [5.41, 5.74) is 0.643. The van der Waals surface area contributed by atoms with Gasteiger partial charge in [-0.1, -0.05) is 23.9 Å². The standard InChI is InChI=1S/C21H34N6O8S/c1-2-7-36-21-23-19(22-10-8-12(34-5-3-28)17(32)15(10)30)14-20(24-21)27(26-25-14)11-9-13(35-6-4-29)18(33)16(11)31/h10-13,15-18,28-33H,2-9H2,1H3,(H,22,23,24)/t10-,11-,12-,13+,15-,16-,17+,18+/m0/s1. The molecule has 2 aromatic rings. The third-order valence-electron chi connectivity index (χ3n) is 6.45. The average Bonchev–Trinajstić information content (AvgIpc) is 3.50. The number of fused-ring (bicyclic) bond motifs is 1. The Kier molecular flexibility index (Phi) is 9.29. The summed E-state index contributed by atoms with van der Waals surface area (Å²) >= 11 is 1.43. The summed E-state index contributed by atoms with van der Waals surface area (Å²) in [5, 5.41) is 72.1. The van der Waals surface area contributed by atoms with Crippen LogP contribution in [0.25, 0.3) is 11.2 Å². The summed E-state index contributed by atoms with van der Waals surface area (Å²) in [5.74, 6) is 1.07. The van der Waals surface area contributed by atoms with Crippen LogP contribution in [0.1, 0.15) is 32.2 Å². The first kappa shape index (κ1) is 27.3. The number of rotatable bonds is 12. The molecule has 4 rings (SSSR count). The Morgan fingerprint density at radius 2 is 1.61 bits per heavy atom. The number of aliphatic hydroxyl groups excluding tert-OH is 6. The number of aliphatic hydroxyl groups is 6. The van der Waals surface area contributed by atoms with Crippen molar-refractivity contribution in [1.82, 2.24) is 25.0 Å². The first-order valence-electron chi connectivity index (χ1n) is 12.1. The maximum Gasteiger partial charge on any atom is 0.191 e. The molecule has 0 amide bonds. The zero-order valence-corrected chi connectivity index (χ0v) is 20.7. The molecule has 202 valence electrons. The highest BCUT2D eigenvalue weighted by Gasteiger charge is 2.45. The van der Waals surface area contributed by atoms with E-state index in [0.29, 0.717) is 22.1 Å². The normalized spacial score (nSPS) is 32.5. The largest absolute Gasteiger partial charge is 0.394 e. The summed E-state index contributed by atoms with van der Waals surface area (Å²) in [4.78, 5) is 9.17. The summed E-state index contributed by atoms with van der Waals surface area (Å²) in [7, 11) is 0. The van der Waals surface area contributed by atoms with E-state index >= 15 is 0 Å². The molecule has 8 atom stereocenters. The monoisotopic (exact) mass is 530 g/mol. The molecule has 2 fully saturated rings. The molecular formula is C21H34N6O8S. The van der Waals surface area contributed by atoms with E-state index in [9.17, 15) is 20.4 Å². The van der Waals surface area contributed by atoms with Crippen molar-refractivity contribution >= 4 is 28.7 Å². The minimum atomic E-state index is -1.19. The Morgan fingerprint density at radius 3 is 2.28 bits per heavy atom. The maximum atomic E-state index is 10.7. The van der Waals surface area contributed by atoms with E-state index < -0.39 is 48.7 Å². The van der Waals surface area contributed by atoms with Gasteiger partial charge in [0, 0.05) is 12.2 Å². The van der Waals surface area contributed by atoms with Crippen molar-refractivity contribution in [3.8, 4) is 0 Å². The molecule has 0 saturated heterocycles. The summed E-state index contributed by atoms with van der Waals surface area (Å²) in [6.07, 6.45) is -4.57. The quantitative estimate of drug-likeness (QED) is 0.118. The Morgan fingerprint density at radius 1 is 0.944 bits per heavy atom. The zero-order chi connectivity index (χ0) is 25.8. The van der Waals surface area contributed by atoms with Crippen molar-refractivity contribution in [3.63, 3.8) is 0 Å². The van der Waals surface area contributed by atoms with Crippen molar-refractivity contribution < 1.29 is 40.1 Å². The molecule has 2 saturated carbocycles. The third kappa shape index (κ3) is 5.58. The maximum absolute atomic E-state index is 10.7. The fraction of sp³-hybridized carbons (Fsp3) is 0.810. The Labute approximate surface area is 211 Å². The van der Waals surface area contributed by atoms with Gasteiger partial charge in [0.1, 0.15) is 24.4 Å². The van der Waals surface area contributed by atoms with Gasteiger partial charge in [-0.3, -0.25) is 0 Å². The van der Waals surface area contributed by atoms with E-state index in [1.807, 2.05) is 6.92 Å². The van der Waals surface area contributed by atoms with Gasteiger partial charge < -0.3 is 45.4 Å². The number of nitrogens with zero attached hydrogens (tertiary/aromatic N) is 5. The van der Waals surface area contributed by atoms with Gasteiger partial charge in [-0.15, -0.1) is 5.10 Å². The summed E-state index contributed by atoms with van der Waals surface area (Å²) in [6, 6.07) is -1.28. The van der Waals surface area contributed by atoms with E-state index in [4.69, 9.17) is 19.7 Å². The smallest absolute Gasteiger partial charge is 0.191 e. The third-order valence-corrected chi connectivity index (χ3v) is 7.50. The van der Waals surface area contributed by atoms with Crippen LogP contribution in [0.3, 0.4) is 0 Å². The topological polar surface area (TPSA) is 208 Å². The van der Waals surface area contributed by atoms with Crippen LogP contribution in [0.2, 0.25) is 0 Å². The van der Waals surface area contributed by atoms with Gasteiger partial charge in [0.25, 0.3) is 0 Å². The van der Waals surface area contributed by atoms with Crippen LogP contribution in [0.15, 0.2) is 5.16 Å². The van der Waals surface area contributed by atoms with Crippen molar-refractivity contribution in [3.05, 3.63) is 0 Å². The lowest BCUT2D eigenvalue weighted by Gasteiger charge is -2.19. The van der Waals surface area contributed by atoms with E-state index in [1.165, 1.54) is 16.4 Å². The molecular weight excluding hydrogens is 496 g/mol. The van der Waals surface area contributed by atoms with Crippen LogP contribution in [0.4, 0.5) is 5.82 Å². The SMILES string of the molecule is CCCSc1nc(N[C@H]2C[C@H](OCCO)[C@@H](O)[C@H]2O)c2nnn([C@H]3C[C@@H](OCCO)[C@@H](O)[C@H]3O)c2n1. The number of thioether (sulfide) groups is 1. The number of aromatic nitrogens is 5. The van der Waals surface area contributed by atoms with E-state index in [-0.39, 0.29) is 39.3 Å². The lowest BCUT2D eigenvalue weighted by Crippen LogP contribution is -2.36. The van der Waals surface area contributed by atoms with Gasteiger partial charge >= 0.3 is 0 Å². The second kappa shape index (κ2) is 12.2. The highest BCUT2D eigenvalue weighted by molar-refractivity contribution is 7.99. The minimum Gasteiger partial charge on any atom is -0.394 e. The van der Waals surface area contributed by atoms with Crippen LogP contribution >= 0.6 is 11.8 Å². The van der Waals surface area contributed by atoms with Crippen molar-refractivity contribution in [2.45, 2.75) is 80.1 Å². The van der Waals surface area contributed by atoms with Crippen molar-refractivity contribution in [2.75, 3.05) is 37.5 Å². The molecule has 0 bridgehead atoms. The average molecular weight is 531 g/mol. The number of hydrogen-bond donors (Lipinski definition) is 7. The molecule has 2 aliphatic rings. The van der Waals surface area contributed by atoms with Crippen LogP contribution in [-0.4, -0.2) is 130 Å². The van der Waals surface area contributed by atoms with Gasteiger partial charge in [-0.25, -0.2) is 14.6 Å². The number of nitrogens with one attached hydrogen (secondary N) is 1. The number of anilines is 1. The van der Waals surface area contributed by atoms with Gasteiger partial charge in [0.2, 0.25) is 0 Å². The molecule has 14 nitrogen and oxygen atoms in total. The molecule has 2 aromatic heterocycles. The van der Waals surface area contributed by atoms with Gasteiger partial charge in [-0.05, 0) is 12.8 Å². The molecule has 0 spiro atoms. The molecule has 2 aliphatic carbocycles. The molecule has 2 heterocycles. The lowest BCUT2D eigenvalue weighted by atomic mass is 10.2. The highest BCUT2D eigenvalue weighted by Crippen LogP contribution is 2.36. The molecule has 36 heavy (non-hydrogen) atoms. The first-order valence-corrected chi connectivity index (χ1v) is 13.1. The molecule has 0 aromatic carbocycles. The molecule has 7 N–H and O–H groups in total. The van der Waals surface area contributed by atoms with E-state index in [2.05, 4.69) is 25.6 Å². The van der Waals surface area contributed by atoms with Crippen LogP contribution in [0.5, 0.6) is 0 Å². The predicted molar refractivity (Wildman–Crippen MR) is 127 cm³/mol. The van der Waals surface area contributed by atoms with E-state index in [0.717, 1.165) is 12.2 Å². The fourth-order valence-electron chi connectivity index (χ4n) is 4.65. The summed E-state index contributed by atoms with van der Waals surface area (Å²) in [6.45, 7) is 1.71. The Bertz CT molecular complexity index is 1000. The van der Waals surface area contributed by atoms with Gasteiger partial charge in [0.15, 0.2) is 22.1 Å². The molecule has 15 heteroatoms. The Balaban J connectivity index is 1.63. The van der Waals surface area contributed by atoms with Crippen LogP contribution in [-0.2, 0) is 9.47 Å². The van der Waals surface area contributed by atoms with Crippen molar-refractivity contribution in [1.29, 1.82) is 0 Å². The number of ether oxygens (including phenoxy) is 2. The fourth-order valence-corrected chi connectivity index (χ4v) is 5.34. The molecule has 0 aliphatic heterocycles. The van der Waals surface area contributed by atoms with Crippen LogP contribution < -0.4 is 5.32 Å². The number of hydrogen-bond acceptors (Lipinski definition) is 14. The second-order valence-electron chi connectivity index (χ2n) is 8.93. The van der Waals surface area contributed by atoms with E-state index in [1.54, 1.807) is 0 Å². The zero-order valence-electron chi connectivity index (χ0n) is 19.9. The lowest BCUT2D eigenvalue weighted by molar-refractivity contribution is -0.0629.